The van der Waals surface area contributed by atoms with Gasteiger partial charge in [-0.15, -0.1) is 0 Å². The molecule has 0 heterocycles. The minimum Gasteiger partial charge on any atom is -0.484 e. The molecule has 0 unspecified atom stereocenters. The van der Waals surface area contributed by atoms with Crippen molar-refractivity contribution >= 4 is 11.9 Å². The molecule has 1 rings (SSSR count). The Morgan fingerprint density at radius 1 is 1.35 bits per heavy atom. The number of carboxylic acid groups (broad SMARTS) is 1. The highest BCUT2D eigenvalue weighted by molar-refractivity contribution is 5.84. The Hall–Kier alpha value is -2.25. The lowest BCUT2D eigenvalue weighted by Gasteiger charge is -2.20. The van der Waals surface area contributed by atoms with Gasteiger partial charge in [-0.25, -0.2) is 4.79 Å². The van der Waals surface area contributed by atoms with Crippen molar-refractivity contribution in [3.8, 4) is 5.75 Å². The molecule has 128 valence electrons. The van der Waals surface area contributed by atoms with Gasteiger partial charge in [-0.1, -0.05) is 26.3 Å². The molecule has 2 atom stereocenters. The molecule has 0 saturated heterocycles. The van der Waals surface area contributed by atoms with E-state index in [4.69, 9.17) is 9.84 Å². The van der Waals surface area contributed by atoms with Crippen molar-refractivity contribution in [3.05, 3.63) is 29.8 Å². The fourth-order valence-corrected chi connectivity index (χ4v) is 1.81. The van der Waals surface area contributed by atoms with Gasteiger partial charge in [-0.05, 0) is 24.1 Å². The van der Waals surface area contributed by atoms with Crippen LogP contribution in [0.1, 0.15) is 25.8 Å². The number of hydrogen-bond donors (Lipinski definition) is 2. The van der Waals surface area contributed by atoms with Crippen LogP contribution in [0.5, 0.6) is 5.75 Å². The molecule has 0 saturated carbocycles. The van der Waals surface area contributed by atoms with Crippen molar-refractivity contribution in [2.75, 3.05) is 6.61 Å². The average molecular weight is 333 g/mol. The first kappa shape index (κ1) is 18.8. The van der Waals surface area contributed by atoms with Gasteiger partial charge in [0.05, 0.1) is 5.56 Å². The fraction of sp³-hybridized carbons (Fsp3) is 0.467. The maximum absolute atomic E-state index is 12.6. The first-order valence-electron chi connectivity index (χ1n) is 6.97. The molecule has 1 amide bonds. The highest BCUT2D eigenvalue weighted by Gasteiger charge is 2.30. The summed E-state index contributed by atoms with van der Waals surface area (Å²) in [5, 5.41) is 11.4. The lowest BCUT2D eigenvalue weighted by atomic mass is 9.99. The molecule has 2 N–H and O–H groups in total. The number of nitrogens with one attached hydrogen (secondary N) is 1. The van der Waals surface area contributed by atoms with E-state index in [1.165, 1.54) is 6.07 Å². The number of ether oxygens (including phenoxy) is 1. The predicted octanol–water partition coefficient (Wildman–Crippen LogP) is 2.70. The number of hydrogen-bond acceptors (Lipinski definition) is 3. The number of halogens is 3. The summed E-state index contributed by atoms with van der Waals surface area (Å²) in [4.78, 5) is 22.8. The van der Waals surface area contributed by atoms with Crippen LogP contribution < -0.4 is 10.1 Å². The van der Waals surface area contributed by atoms with Crippen molar-refractivity contribution < 1.29 is 32.6 Å². The summed E-state index contributed by atoms with van der Waals surface area (Å²) in [6.07, 6.45) is -3.96. The summed E-state index contributed by atoms with van der Waals surface area (Å²) >= 11 is 0. The van der Waals surface area contributed by atoms with Crippen LogP contribution in [0.3, 0.4) is 0 Å². The number of carbonyl (C=O) groups is 2. The van der Waals surface area contributed by atoms with Crippen LogP contribution in [0.2, 0.25) is 0 Å². The van der Waals surface area contributed by atoms with E-state index in [0.717, 1.165) is 18.2 Å². The Morgan fingerprint density at radius 2 is 2.00 bits per heavy atom. The smallest absolute Gasteiger partial charge is 0.416 e. The van der Waals surface area contributed by atoms with Crippen molar-refractivity contribution in [1.29, 1.82) is 0 Å². The van der Waals surface area contributed by atoms with E-state index in [9.17, 15) is 22.8 Å². The zero-order valence-corrected chi connectivity index (χ0v) is 12.7. The molecule has 5 nitrogen and oxygen atoms in total. The molecule has 0 aliphatic rings. The van der Waals surface area contributed by atoms with E-state index >= 15 is 0 Å². The standard InChI is InChI=1S/C15H18F3NO4/c1-3-9(2)13(14(21)22)19-12(20)8-23-11-6-4-5-10(7-11)15(16,17)18/h4-7,9,13H,3,8H2,1-2H3,(H,19,20)(H,21,22)/t9-,13-/m0/s1. The van der Waals surface area contributed by atoms with Crippen molar-refractivity contribution in [1.82, 2.24) is 5.32 Å². The maximum Gasteiger partial charge on any atom is 0.416 e. The van der Waals surface area contributed by atoms with Crippen LogP contribution in [0, 0.1) is 5.92 Å². The zero-order valence-electron chi connectivity index (χ0n) is 12.7. The first-order valence-corrected chi connectivity index (χ1v) is 6.97. The predicted molar refractivity (Wildman–Crippen MR) is 76.0 cm³/mol. The topological polar surface area (TPSA) is 75.6 Å². The van der Waals surface area contributed by atoms with Crippen LogP contribution in [0.25, 0.3) is 0 Å². The minimum atomic E-state index is -4.51. The third-order valence-corrected chi connectivity index (χ3v) is 3.33. The van der Waals surface area contributed by atoms with Gasteiger partial charge in [-0.3, -0.25) is 4.79 Å². The summed E-state index contributed by atoms with van der Waals surface area (Å²) in [5.74, 6) is -2.29. The van der Waals surface area contributed by atoms with E-state index in [1.54, 1.807) is 13.8 Å². The van der Waals surface area contributed by atoms with Crippen molar-refractivity contribution in [3.63, 3.8) is 0 Å². The van der Waals surface area contributed by atoms with Crippen LogP contribution in [-0.4, -0.2) is 29.6 Å². The van der Waals surface area contributed by atoms with E-state index < -0.39 is 36.3 Å². The fourth-order valence-electron chi connectivity index (χ4n) is 1.81. The van der Waals surface area contributed by atoms with Gasteiger partial charge in [0.2, 0.25) is 0 Å². The minimum absolute atomic E-state index is 0.120. The lowest BCUT2D eigenvalue weighted by molar-refractivity contribution is -0.143. The summed E-state index contributed by atoms with van der Waals surface area (Å²) in [6.45, 7) is 2.89. The molecule has 0 fully saturated rings. The second-order valence-corrected chi connectivity index (χ2v) is 5.08. The number of carboxylic acids is 1. The highest BCUT2D eigenvalue weighted by Crippen LogP contribution is 2.31. The van der Waals surface area contributed by atoms with Gasteiger partial charge < -0.3 is 15.2 Å². The van der Waals surface area contributed by atoms with Crippen LogP contribution in [0.4, 0.5) is 13.2 Å². The molecule has 8 heteroatoms. The van der Waals surface area contributed by atoms with Crippen molar-refractivity contribution in [2.45, 2.75) is 32.5 Å². The van der Waals surface area contributed by atoms with E-state index in [0.29, 0.717) is 6.42 Å². The Bertz CT molecular complexity index is 560. The number of rotatable bonds is 7. The Balaban J connectivity index is 2.64. The SMILES string of the molecule is CC[C@H](C)[C@H](NC(=O)COc1cccc(C(F)(F)F)c1)C(=O)O. The van der Waals surface area contributed by atoms with E-state index in [1.807, 2.05) is 0 Å². The quantitative estimate of drug-likeness (QED) is 0.804. The molecule has 0 aliphatic carbocycles. The Morgan fingerprint density at radius 3 is 2.52 bits per heavy atom. The molecule has 23 heavy (non-hydrogen) atoms. The molecule has 0 aliphatic heterocycles. The van der Waals surface area contributed by atoms with Gasteiger partial charge >= 0.3 is 12.1 Å². The maximum atomic E-state index is 12.6. The summed E-state index contributed by atoms with van der Waals surface area (Å²) < 4.78 is 42.7. The molecule has 0 aromatic heterocycles. The molecule has 1 aromatic rings. The first-order chi connectivity index (χ1) is 10.6. The Kier molecular flexibility index (Phi) is 6.41. The number of alkyl halides is 3. The number of benzene rings is 1. The molecule has 0 bridgehead atoms. The molecular formula is C15H18F3NO4. The summed E-state index contributed by atoms with van der Waals surface area (Å²) in [6, 6.07) is 3.03. The van der Waals surface area contributed by atoms with E-state index in [2.05, 4.69) is 5.32 Å². The summed E-state index contributed by atoms with van der Waals surface area (Å²) in [5.41, 5.74) is -0.890. The van der Waals surface area contributed by atoms with Crippen LogP contribution in [-0.2, 0) is 15.8 Å². The van der Waals surface area contributed by atoms with Gasteiger partial charge in [0.15, 0.2) is 6.61 Å². The monoisotopic (exact) mass is 333 g/mol. The van der Waals surface area contributed by atoms with E-state index in [-0.39, 0.29) is 11.7 Å². The average Bonchev–Trinajstić information content (AvgIpc) is 2.49. The second-order valence-electron chi connectivity index (χ2n) is 5.08. The second kappa shape index (κ2) is 7.85. The third-order valence-electron chi connectivity index (χ3n) is 3.33. The largest absolute Gasteiger partial charge is 0.484 e. The molecule has 1 aromatic carbocycles. The van der Waals surface area contributed by atoms with Gasteiger partial charge in [0, 0.05) is 0 Å². The molecular weight excluding hydrogens is 315 g/mol. The van der Waals surface area contributed by atoms with Crippen molar-refractivity contribution in [2.24, 2.45) is 5.92 Å². The number of carbonyl (C=O) groups excluding carboxylic acids is 1. The zero-order chi connectivity index (χ0) is 17.6. The van der Waals surface area contributed by atoms with Crippen LogP contribution in [0.15, 0.2) is 24.3 Å². The Labute approximate surface area is 131 Å². The van der Waals surface area contributed by atoms with Gasteiger partial charge in [-0.2, -0.15) is 13.2 Å². The van der Waals surface area contributed by atoms with Gasteiger partial charge in [0.25, 0.3) is 5.91 Å². The third kappa shape index (κ3) is 5.80. The molecule has 0 radical (unpaired) electrons. The number of aliphatic carboxylic acids is 1. The normalized spacial score (nSPS) is 14.0. The molecule has 0 spiro atoms. The summed E-state index contributed by atoms with van der Waals surface area (Å²) in [7, 11) is 0. The lowest BCUT2D eigenvalue weighted by Crippen LogP contribution is -2.46. The van der Waals surface area contributed by atoms with Crippen LogP contribution >= 0.6 is 0 Å². The van der Waals surface area contributed by atoms with Gasteiger partial charge in [0.1, 0.15) is 11.8 Å². The highest BCUT2D eigenvalue weighted by atomic mass is 19.4. The number of amides is 1.